The molecule has 2 aromatic rings. The van der Waals surface area contributed by atoms with Crippen LogP contribution in [0, 0.1) is 11.3 Å². The highest BCUT2D eigenvalue weighted by atomic mass is 15.0. The highest BCUT2D eigenvalue weighted by Crippen LogP contribution is 2.09. The van der Waals surface area contributed by atoms with Crippen molar-refractivity contribution in [2.45, 2.75) is 6.54 Å². The Balaban J connectivity index is 2.05. The van der Waals surface area contributed by atoms with Crippen molar-refractivity contribution in [3.05, 3.63) is 47.8 Å². The number of hydrogen-bond donors (Lipinski definition) is 2. The lowest BCUT2D eigenvalue weighted by atomic mass is 10.1. The van der Waals surface area contributed by atoms with Gasteiger partial charge in [-0.15, -0.1) is 0 Å². The van der Waals surface area contributed by atoms with Crippen molar-refractivity contribution in [2.24, 2.45) is 0 Å². The van der Waals surface area contributed by atoms with Crippen LogP contribution in [0.1, 0.15) is 11.1 Å². The zero-order valence-corrected chi connectivity index (χ0v) is 9.09. The van der Waals surface area contributed by atoms with Gasteiger partial charge in [0.2, 0.25) is 0 Å². The molecular formula is C12H11N5. The van der Waals surface area contributed by atoms with Crippen LogP contribution in [-0.4, -0.2) is 9.97 Å². The number of hydrogen-bond acceptors (Lipinski definition) is 5. The summed E-state index contributed by atoms with van der Waals surface area (Å²) in [4.78, 5) is 7.84. The number of nitrogens with zero attached hydrogens (tertiary/aromatic N) is 3. The van der Waals surface area contributed by atoms with Crippen LogP contribution in [0.4, 0.5) is 11.6 Å². The van der Waals surface area contributed by atoms with Gasteiger partial charge in [-0.05, 0) is 17.7 Å². The van der Waals surface area contributed by atoms with Gasteiger partial charge in [0.05, 0.1) is 11.6 Å². The lowest BCUT2D eigenvalue weighted by Crippen LogP contribution is -2.03. The van der Waals surface area contributed by atoms with Crippen molar-refractivity contribution in [3.8, 4) is 6.07 Å². The molecule has 0 bridgehead atoms. The highest BCUT2D eigenvalue weighted by molar-refractivity contribution is 5.44. The van der Waals surface area contributed by atoms with E-state index in [9.17, 15) is 0 Å². The molecule has 1 aromatic heterocycles. The average Bonchev–Trinajstić information content (AvgIpc) is 2.37. The molecule has 5 nitrogen and oxygen atoms in total. The third-order valence-electron chi connectivity index (χ3n) is 2.22. The molecule has 0 atom stereocenters. The van der Waals surface area contributed by atoms with Gasteiger partial charge in [0.25, 0.3) is 0 Å². The van der Waals surface area contributed by atoms with Gasteiger partial charge in [0, 0.05) is 12.6 Å². The number of nitrogens with two attached hydrogens (primary N) is 1. The van der Waals surface area contributed by atoms with E-state index in [0.717, 1.165) is 5.56 Å². The summed E-state index contributed by atoms with van der Waals surface area (Å²) >= 11 is 0. The Kier molecular flexibility index (Phi) is 3.17. The average molecular weight is 225 g/mol. The van der Waals surface area contributed by atoms with E-state index in [1.807, 2.05) is 18.2 Å². The van der Waals surface area contributed by atoms with Gasteiger partial charge in [-0.25, -0.2) is 9.97 Å². The van der Waals surface area contributed by atoms with Crippen LogP contribution >= 0.6 is 0 Å². The van der Waals surface area contributed by atoms with E-state index in [-0.39, 0.29) is 0 Å². The quantitative estimate of drug-likeness (QED) is 0.827. The molecule has 0 radical (unpaired) electrons. The Labute approximate surface area is 98.9 Å². The third-order valence-corrected chi connectivity index (χ3v) is 2.22. The molecule has 0 aliphatic heterocycles. The molecular weight excluding hydrogens is 214 g/mol. The van der Waals surface area contributed by atoms with E-state index < -0.39 is 0 Å². The molecule has 0 aliphatic carbocycles. The van der Waals surface area contributed by atoms with Gasteiger partial charge >= 0.3 is 0 Å². The first kappa shape index (κ1) is 10.9. The maximum Gasteiger partial charge on any atom is 0.131 e. The summed E-state index contributed by atoms with van der Waals surface area (Å²) in [6.45, 7) is 0.589. The molecule has 0 saturated heterocycles. The SMILES string of the molecule is N#Cc1cccc(CNc2cc(N)ncn2)c1. The smallest absolute Gasteiger partial charge is 0.131 e. The molecule has 0 amide bonds. The largest absolute Gasteiger partial charge is 0.384 e. The highest BCUT2D eigenvalue weighted by Gasteiger charge is 1.97. The molecule has 0 saturated carbocycles. The zero-order valence-electron chi connectivity index (χ0n) is 9.09. The van der Waals surface area contributed by atoms with Gasteiger partial charge in [-0.3, -0.25) is 0 Å². The molecule has 0 unspecified atom stereocenters. The molecule has 0 spiro atoms. The molecule has 84 valence electrons. The normalized spacial score (nSPS) is 9.59. The molecule has 17 heavy (non-hydrogen) atoms. The van der Waals surface area contributed by atoms with E-state index >= 15 is 0 Å². The van der Waals surface area contributed by atoms with E-state index in [1.54, 1.807) is 12.1 Å². The maximum absolute atomic E-state index is 8.78. The molecule has 0 fully saturated rings. The summed E-state index contributed by atoms with van der Waals surface area (Å²) in [5.74, 6) is 1.09. The number of nitrogens with one attached hydrogen (secondary N) is 1. The lowest BCUT2D eigenvalue weighted by Gasteiger charge is -2.05. The van der Waals surface area contributed by atoms with Crippen molar-refractivity contribution >= 4 is 11.6 Å². The Bertz CT molecular complexity index is 559. The first-order valence-electron chi connectivity index (χ1n) is 5.08. The van der Waals surface area contributed by atoms with Crippen molar-refractivity contribution in [1.29, 1.82) is 5.26 Å². The molecule has 1 aromatic carbocycles. The first-order chi connectivity index (χ1) is 8.28. The summed E-state index contributed by atoms with van der Waals surface area (Å²) in [6, 6.07) is 11.2. The predicted molar refractivity (Wildman–Crippen MR) is 64.9 cm³/mol. The molecule has 1 heterocycles. The fraction of sp³-hybridized carbons (Fsp3) is 0.0833. The van der Waals surface area contributed by atoms with Crippen LogP contribution in [0.5, 0.6) is 0 Å². The summed E-state index contributed by atoms with van der Waals surface area (Å²) in [6.07, 6.45) is 1.41. The van der Waals surface area contributed by atoms with E-state index in [2.05, 4.69) is 21.4 Å². The van der Waals surface area contributed by atoms with Gasteiger partial charge in [-0.1, -0.05) is 12.1 Å². The van der Waals surface area contributed by atoms with Crippen molar-refractivity contribution < 1.29 is 0 Å². The minimum Gasteiger partial charge on any atom is -0.384 e. The molecule has 2 rings (SSSR count). The van der Waals surface area contributed by atoms with Gasteiger partial charge in [-0.2, -0.15) is 5.26 Å². The second-order valence-electron chi connectivity index (χ2n) is 3.49. The number of benzene rings is 1. The van der Waals surface area contributed by atoms with Crippen LogP contribution < -0.4 is 11.1 Å². The Morgan fingerprint density at radius 2 is 2.18 bits per heavy atom. The number of anilines is 2. The molecule has 3 N–H and O–H groups in total. The van der Waals surface area contributed by atoms with Crippen molar-refractivity contribution in [3.63, 3.8) is 0 Å². The van der Waals surface area contributed by atoms with Crippen LogP contribution in [0.2, 0.25) is 0 Å². The van der Waals surface area contributed by atoms with E-state index in [0.29, 0.717) is 23.7 Å². The third kappa shape index (κ3) is 2.92. The lowest BCUT2D eigenvalue weighted by molar-refractivity contribution is 1.08. The van der Waals surface area contributed by atoms with Gasteiger partial charge < -0.3 is 11.1 Å². The first-order valence-corrected chi connectivity index (χ1v) is 5.08. The number of aromatic nitrogens is 2. The van der Waals surface area contributed by atoms with Crippen LogP contribution in [0.3, 0.4) is 0 Å². The summed E-state index contributed by atoms with van der Waals surface area (Å²) in [5, 5.41) is 11.9. The van der Waals surface area contributed by atoms with E-state index in [1.165, 1.54) is 6.33 Å². The van der Waals surface area contributed by atoms with E-state index in [4.69, 9.17) is 11.0 Å². The minimum absolute atomic E-state index is 0.424. The van der Waals surface area contributed by atoms with Crippen molar-refractivity contribution in [1.82, 2.24) is 9.97 Å². The number of nitriles is 1. The maximum atomic E-state index is 8.78. The van der Waals surface area contributed by atoms with Crippen LogP contribution in [0.25, 0.3) is 0 Å². The minimum atomic E-state index is 0.424. The van der Waals surface area contributed by atoms with Gasteiger partial charge in [0.15, 0.2) is 0 Å². The number of rotatable bonds is 3. The summed E-state index contributed by atoms with van der Waals surface area (Å²) < 4.78 is 0. The monoisotopic (exact) mass is 225 g/mol. The van der Waals surface area contributed by atoms with Crippen LogP contribution in [0.15, 0.2) is 36.7 Å². The van der Waals surface area contributed by atoms with Crippen LogP contribution in [-0.2, 0) is 6.54 Å². The second-order valence-corrected chi connectivity index (χ2v) is 3.49. The Morgan fingerprint density at radius 3 is 2.94 bits per heavy atom. The summed E-state index contributed by atoms with van der Waals surface area (Å²) in [7, 11) is 0. The van der Waals surface area contributed by atoms with Gasteiger partial charge in [0.1, 0.15) is 18.0 Å². The topological polar surface area (TPSA) is 87.6 Å². The summed E-state index contributed by atoms with van der Waals surface area (Å²) in [5.41, 5.74) is 7.20. The predicted octanol–water partition coefficient (Wildman–Crippen LogP) is 1.54. The second kappa shape index (κ2) is 4.94. The Morgan fingerprint density at radius 1 is 1.29 bits per heavy atom. The molecule has 5 heteroatoms. The van der Waals surface area contributed by atoms with Crippen molar-refractivity contribution in [2.75, 3.05) is 11.1 Å². The number of nitrogen functional groups attached to an aromatic ring is 1. The fourth-order valence-corrected chi connectivity index (χ4v) is 1.41. The Hall–Kier alpha value is -2.61. The fourth-order valence-electron chi connectivity index (χ4n) is 1.41. The molecule has 0 aliphatic rings. The zero-order chi connectivity index (χ0) is 12.1. The standard InChI is InChI=1S/C12H11N5/c13-6-9-2-1-3-10(4-9)7-15-12-5-11(14)16-8-17-12/h1-5,8H,7H2,(H3,14,15,16,17).